The van der Waals surface area contributed by atoms with Gasteiger partial charge in [0.15, 0.2) is 0 Å². The largest absolute Gasteiger partial charge is 0.356 e. The third kappa shape index (κ3) is 7.33. The van der Waals surface area contributed by atoms with Crippen molar-refractivity contribution in [2.75, 3.05) is 18.1 Å². The minimum absolute atomic E-state index is 0.0220. The summed E-state index contributed by atoms with van der Waals surface area (Å²) < 4.78 is 6.60. The number of unbranched alkanes of at least 4 members (excludes halogenated alkanes) is 3. The molecule has 1 unspecified atom stereocenters. The standard InChI is InChI=1S/C32H37N3O4/c1-25(36)33-23-12-2-3-13-24-39-32(34-30(37)27-16-6-4-7-17-27)22-14-20-26-15-10-11-21-29(26)35(32)31(38)28-18-8-5-9-19-28/h4-11,15-19,21H,2-3,12-14,20,22-24H2,1H3,(H,33,36)(H,34,37). The van der Waals surface area contributed by atoms with Crippen molar-refractivity contribution in [1.82, 2.24) is 10.6 Å². The summed E-state index contributed by atoms with van der Waals surface area (Å²) >= 11 is 0. The fraction of sp³-hybridized carbons (Fsp3) is 0.344. The molecule has 0 fully saturated rings. The summed E-state index contributed by atoms with van der Waals surface area (Å²) in [4.78, 5) is 40.5. The molecule has 1 aliphatic rings. The second-order valence-electron chi connectivity index (χ2n) is 9.84. The van der Waals surface area contributed by atoms with Crippen LogP contribution in [0.4, 0.5) is 5.69 Å². The van der Waals surface area contributed by atoms with Gasteiger partial charge in [0.1, 0.15) is 0 Å². The number of aryl methyl sites for hydroxylation is 1. The zero-order valence-corrected chi connectivity index (χ0v) is 22.5. The average Bonchev–Trinajstić information content (AvgIpc) is 3.11. The van der Waals surface area contributed by atoms with Gasteiger partial charge in [-0.05, 0) is 61.6 Å². The van der Waals surface area contributed by atoms with Gasteiger partial charge in [-0.3, -0.25) is 19.3 Å². The molecule has 0 spiro atoms. The maximum absolute atomic E-state index is 14.2. The molecule has 1 aliphatic heterocycles. The number of para-hydroxylation sites is 1. The zero-order valence-electron chi connectivity index (χ0n) is 22.5. The molecular weight excluding hydrogens is 490 g/mol. The molecule has 3 aromatic rings. The summed E-state index contributed by atoms with van der Waals surface area (Å²) in [6, 6.07) is 26.0. The molecular formula is C32H37N3O4. The molecule has 7 heteroatoms. The van der Waals surface area contributed by atoms with Gasteiger partial charge in [0.25, 0.3) is 11.8 Å². The molecule has 3 amide bonds. The Morgan fingerprint density at radius 2 is 1.46 bits per heavy atom. The number of hydrogen-bond acceptors (Lipinski definition) is 4. The molecule has 0 saturated carbocycles. The van der Waals surface area contributed by atoms with Crippen LogP contribution < -0.4 is 15.5 Å². The normalized spacial score (nSPS) is 16.6. The zero-order chi connectivity index (χ0) is 27.5. The maximum Gasteiger partial charge on any atom is 0.262 e. The van der Waals surface area contributed by atoms with E-state index in [-0.39, 0.29) is 17.7 Å². The number of carbonyl (C=O) groups is 3. The van der Waals surface area contributed by atoms with Gasteiger partial charge in [-0.15, -0.1) is 0 Å². The number of benzene rings is 3. The molecule has 1 atom stereocenters. The highest BCUT2D eigenvalue weighted by atomic mass is 16.5. The Morgan fingerprint density at radius 3 is 2.18 bits per heavy atom. The Morgan fingerprint density at radius 1 is 0.821 bits per heavy atom. The Kier molecular flexibility index (Phi) is 9.86. The number of amides is 3. The van der Waals surface area contributed by atoms with Crippen molar-refractivity contribution in [3.8, 4) is 0 Å². The van der Waals surface area contributed by atoms with Gasteiger partial charge in [-0.25, -0.2) is 0 Å². The van der Waals surface area contributed by atoms with Crippen LogP contribution >= 0.6 is 0 Å². The lowest BCUT2D eigenvalue weighted by Crippen LogP contribution is -2.64. The second kappa shape index (κ2) is 13.7. The van der Waals surface area contributed by atoms with Crippen molar-refractivity contribution < 1.29 is 19.1 Å². The minimum atomic E-state index is -1.36. The quantitative estimate of drug-likeness (QED) is 0.256. The average molecular weight is 528 g/mol. The Bertz CT molecular complexity index is 1250. The number of ether oxygens (including phenoxy) is 1. The van der Waals surface area contributed by atoms with Crippen molar-refractivity contribution in [1.29, 1.82) is 0 Å². The van der Waals surface area contributed by atoms with Gasteiger partial charge in [0, 0.05) is 31.0 Å². The number of hydrogen-bond donors (Lipinski definition) is 2. The topological polar surface area (TPSA) is 87.7 Å². The monoisotopic (exact) mass is 527 g/mol. The van der Waals surface area contributed by atoms with Crippen molar-refractivity contribution >= 4 is 23.4 Å². The van der Waals surface area contributed by atoms with E-state index < -0.39 is 5.85 Å². The molecule has 1 heterocycles. The van der Waals surface area contributed by atoms with E-state index in [4.69, 9.17) is 4.74 Å². The molecule has 0 saturated heterocycles. The predicted octanol–water partition coefficient (Wildman–Crippen LogP) is 5.47. The lowest BCUT2D eigenvalue weighted by atomic mass is 10.1. The van der Waals surface area contributed by atoms with E-state index in [1.165, 1.54) is 6.92 Å². The smallest absolute Gasteiger partial charge is 0.262 e. The van der Waals surface area contributed by atoms with Crippen LogP contribution in [-0.2, 0) is 16.0 Å². The SMILES string of the molecule is CC(=O)NCCCCCCOC1(NC(=O)c2ccccc2)CCCc2ccccc2N1C(=O)c1ccccc1. The van der Waals surface area contributed by atoms with E-state index >= 15 is 0 Å². The number of rotatable bonds is 11. The van der Waals surface area contributed by atoms with Gasteiger partial charge in [0.05, 0.1) is 12.3 Å². The molecule has 2 N–H and O–H groups in total. The summed E-state index contributed by atoms with van der Waals surface area (Å²) in [5, 5.41) is 5.97. The van der Waals surface area contributed by atoms with E-state index in [0.29, 0.717) is 30.7 Å². The van der Waals surface area contributed by atoms with Crippen LogP contribution in [0.3, 0.4) is 0 Å². The molecule has 39 heavy (non-hydrogen) atoms. The first kappa shape index (κ1) is 28.0. The molecule has 0 aromatic heterocycles. The Hall–Kier alpha value is -3.97. The van der Waals surface area contributed by atoms with Crippen molar-refractivity contribution in [2.24, 2.45) is 0 Å². The minimum Gasteiger partial charge on any atom is -0.356 e. The van der Waals surface area contributed by atoms with E-state index in [9.17, 15) is 14.4 Å². The van der Waals surface area contributed by atoms with Gasteiger partial charge in [-0.2, -0.15) is 0 Å². The highest BCUT2D eigenvalue weighted by Gasteiger charge is 2.45. The first-order valence-corrected chi connectivity index (χ1v) is 13.7. The van der Waals surface area contributed by atoms with E-state index in [2.05, 4.69) is 10.6 Å². The van der Waals surface area contributed by atoms with Crippen molar-refractivity contribution in [3.63, 3.8) is 0 Å². The van der Waals surface area contributed by atoms with Crippen LogP contribution in [0.25, 0.3) is 0 Å². The van der Waals surface area contributed by atoms with Crippen LogP contribution in [0, 0.1) is 0 Å². The Balaban J connectivity index is 1.63. The van der Waals surface area contributed by atoms with Gasteiger partial charge in [-0.1, -0.05) is 67.4 Å². The number of anilines is 1. The van der Waals surface area contributed by atoms with Crippen molar-refractivity contribution in [2.45, 2.75) is 57.7 Å². The number of carbonyl (C=O) groups excluding carboxylic acids is 3. The second-order valence-corrected chi connectivity index (χ2v) is 9.84. The number of fused-ring (bicyclic) bond motifs is 1. The first-order valence-electron chi connectivity index (χ1n) is 13.7. The van der Waals surface area contributed by atoms with E-state index in [0.717, 1.165) is 49.8 Å². The highest BCUT2D eigenvalue weighted by molar-refractivity contribution is 6.08. The summed E-state index contributed by atoms with van der Waals surface area (Å²) in [5.74, 6) is -1.90. The maximum atomic E-state index is 14.2. The molecule has 0 bridgehead atoms. The van der Waals surface area contributed by atoms with Gasteiger partial charge < -0.3 is 15.4 Å². The van der Waals surface area contributed by atoms with Crippen LogP contribution in [0.5, 0.6) is 0 Å². The lowest BCUT2D eigenvalue weighted by molar-refractivity contribution is -0.118. The first-order chi connectivity index (χ1) is 19.0. The van der Waals surface area contributed by atoms with Gasteiger partial charge >= 0.3 is 0 Å². The fourth-order valence-electron chi connectivity index (χ4n) is 4.96. The van der Waals surface area contributed by atoms with Gasteiger partial charge in [0.2, 0.25) is 11.8 Å². The third-order valence-corrected chi connectivity index (χ3v) is 6.91. The Labute approximate surface area is 230 Å². The van der Waals surface area contributed by atoms with Crippen LogP contribution in [0.15, 0.2) is 84.9 Å². The third-order valence-electron chi connectivity index (χ3n) is 6.91. The van der Waals surface area contributed by atoms with E-state index in [1.807, 2.05) is 60.7 Å². The number of nitrogens with zero attached hydrogens (tertiary/aromatic N) is 1. The van der Waals surface area contributed by atoms with E-state index in [1.54, 1.807) is 29.2 Å². The molecule has 4 rings (SSSR count). The lowest BCUT2D eigenvalue weighted by Gasteiger charge is -2.43. The summed E-state index contributed by atoms with van der Waals surface area (Å²) in [7, 11) is 0. The summed E-state index contributed by atoms with van der Waals surface area (Å²) in [6.07, 6.45) is 5.46. The molecule has 7 nitrogen and oxygen atoms in total. The van der Waals surface area contributed by atoms with Crippen molar-refractivity contribution in [3.05, 3.63) is 102 Å². The predicted molar refractivity (Wildman–Crippen MR) is 152 cm³/mol. The van der Waals surface area contributed by atoms with Crippen LogP contribution in [-0.4, -0.2) is 36.7 Å². The molecule has 3 aromatic carbocycles. The van der Waals surface area contributed by atoms with Crippen LogP contribution in [0.2, 0.25) is 0 Å². The highest BCUT2D eigenvalue weighted by Crippen LogP contribution is 2.37. The molecule has 0 radical (unpaired) electrons. The molecule has 204 valence electrons. The van der Waals surface area contributed by atoms with Crippen LogP contribution in [0.1, 0.15) is 71.7 Å². The number of nitrogens with one attached hydrogen (secondary N) is 2. The molecule has 0 aliphatic carbocycles. The summed E-state index contributed by atoms with van der Waals surface area (Å²) in [5.41, 5.74) is 2.81. The summed E-state index contributed by atoms with van der Waals surface area (Å²) in [6.45, 7) is 2.55. The fourth-order valence-corrected chi connectivity index (χ4v) is 4.96.